The van der Waals surface area contributed by atoms with Gasteiger partial charge in [0, 0.05) is 0 Å². The van der Waals surface area contributed by atoms with Crippen LogP contribution in [0.15, 0.2) is 23.8 Å². The lowest BCUT2D eigenvalue weighted by Gasteiger charge is -2.20. The Labute approximate surface area is 81.7 Å². The first-order valence-corrected chi connectivity index (χ1v) is 5.67. The van der Waals surface area contributed by atoms with Gasteiger partial charge in [-0.2, -0.15) is 0 Å². The molecule has 3 rings (SSSR count). The van der Waals surface area contributed by atoms with Gasteiger partial charge in [-0.05, 0) is 50.9 Å². The van der Waals surface area contributed by atoms with E-state index < -0.39 is 0 Å². The van der Waals surface area contributed by atoms with Crippen LogP contribution in [0.25, 0.3) is 0 Å². The standard InChI is InChI=1S/C13H20/c1-11-9-12-5-2-3-6-13(10-11)8-4-7-12/h2-3,9,12-13H,4-8,10H2,1H3/b3-2?,11-9-/t12-,13+/m1/s1. The fraction of sp³-hybridized carbons (Fsp3) is 0.692. The average Bonchev–Trinajstić information content (AvgIpc) is 2.20. The molecule has 2 atom stereocenters. The molecule has 0 aromatic rings. The molecular weight excluding hydrogens is 156 g/mol. The summed E-state index contributed by atoms with van der Waals surface area (Å²) >= 11 is 0. The van der Waals surface area contributed by atoms with E-state index in [1.54, 1.807) is 5.57 Å². The van der Waals surface area contributed by atoms with Crippen molar-refractivity contribution in [1.29, 1.82) is 0 Å². The molecule has 0 saturated heterocycles. The summed E-state index contributed by atoms with van der Waals surface area (Å²) in [5, 5.41) is 0. The van der Waals surface area contributed by atoms with Crippen molar-refractivity contribution in [3.63, 3.8) is 0 Å². The molecule has 0 radical (unpaired) electrons. The summed E-state index contributed by atoms with van der Waals surface area (Å²) in [6.45, 7) is 2.32. The highest BCUT2D eigenvalue weighted by Crippen LogP contribution is 2.31. The summed E-state index contributed by atoms with van der Waals surface area (Å²) in [7, 11) is 0. The molecule has 0 fully saturated rings. The molecular formula is C13H20. The van der Waals surface area contributed by atoms with Crippen LogP contribution in [0.2, 0.25) is 0 Å². The maximum absolute atomic E-state index is 2.53. The van der Waals surface area contributed by atoms with Gasteiger partial charge in [0.25, 0.3) is 0 Å². The molecule has 3 aliphatic rings. The van der Waals surface area contributed by atoms with Gasteiger partial charge in [0.05, 0.1) is 0 Å². The van der Waals surface area contributed by atoms with Crippen molar-refractivity contribution < 1.29 is 0 Å². The zero-order valence-electron chi connectivity index (χ0n) is 8.63. The molecule has 0 aromatic carbocycles. The molecule has 0 heteroatoms. The van der Waals surface area contributed by atoms with E-state index in [2.05, 4.69) is 25.2 Å². The maximum atomic E-state index is 2.53. The van der Waals surface area contributed by atoms with Crippen molar-refractivity contribution in [3.8, 4) is 0 Å². The summed E-state index contributed by atoms with van der Waals surface area (Å²) in [5.74, 6) is 1.78. The van der Waals surface area contributed by atoms with E-state index in [1.807, 2.05) is 0 Å². The van der Waals surface area contributed by atoms with E-state index in [4.69, 9.17) is 0 Å². The van der Waals surface area contributed by atoms with Crippen molar-refractivity contribution in [1.82, 2.24) is 0 Å². The topological polar surface area (TPSA) is 0 Å². The van der Waals surface area contributed by atoms with Gasteiger partial charge in [-0.15, -0.1) is 0 Å². The van der Waals surface area contributed by atoms with Crippen LogP contribution in [0, 0.1) is 11.8 Å². The molecule has 3 aliphatic carbocycles. The Morgan fingerprint density at radius 1 is 1.15 bits per heavy atom. The first kappa shape index (κ1) is 9.05. The van der Waals surface area contributed by atoms with E-state index in [1.165, 1.54) is 38.5 Å². The predicted octanol–water partition coefficient (Wildman–Crippen LogP) is 4.09. The zero-order chi connectivity index (χ0) is 9.10. The summed E-state index contributed by atoms with van der Waals surface area (Å²) in [6.07, 6.45) is 15.6. The molecule has 0 unspecified atom stereocenters. The van der Waals surface area contributed by atoms with Gasteiger partial charge in [0.15, 0.2) is 0 Å². The van der Waals surface area contributed by atoms with Crippen LogP contribution < -0.4 is 0 Å². The van der Waals surface area contributed by atoms with Crippen LogP contribution in [-0.4, -0.2) is 0 Å². The van der Waals surface area contributed by atoms with Gasteiger partial charge in [-0.25, -0.2) is 0 Å². The van der Waals surface area contributed by atoms with E-state index in [0.29, 0.717) is 0 Å². The highest BCUT2D eigenvalue weighted by Gasteiger charge is 2.15. The Hall–Kier alpha value is -0.520. The number of hydrogen-bond donors (Lipinski definition) is 0. The van der Waals surface area contributed by atoms with Crippen LogP contribution in [0.3, 0.4) is 0 Å². The monoisotopic (exact) mass is 176 g/mol. The molecule has 0 amide bonds. The minimum Gasteiger partial charge on any atom is -0.0882 e. The summed E-state index contributed by atoms with van der Waals surface area (Å²) < 4.78 is 0. The second-order valence-corrected chi connectivity index (χ2v) is 4.72. The van der Waals surface area contributed by atoms with Gasteiger partial charge < -0.3 is 0 Å². The second-order valence-electron chi connectivity index (χ2n) is 4.72. The Morgan fingerprint density at radius 2 is 2.00 bits per heavy atom. The third-order valence-corrected chi connectivity index (χ3v) is 3.39. The molecule has 0 spiro atoms. The predicted molar refractivity (Wildman–Crippen MR) is 57.6 cm³/mol. The molecule has 0 aliphatic heterocycles. The van der Waals surface area contributed by atoms with Gasteiger partial charge in [0.2, 0.25) is 0 Å². The van der Waals surface area contributed by atoms with Crippen LogP contribution in [0.1, 0.15) is 45.4 Å². The van der Waals surface area contributed by atoms with Crippen molar-refractivity contribution in [2.24, 2.45) is 11.8 Å². The Bertz CT molecular complexity index is 222. The minimum absolute atomic E-state index is 0.843. The lowest BCUT2D eigenvalue weighted by atomic mass is 9.86. The van der Waals surface area contributed by atoms with E-state index in [0.717, 1.165) is 11.8 Å². The number of fused-ring (bicyclic) bond motifs is 5. The smallest absolute Gasteiger partial charge is 0.0196 e. The SMILES string of the molecule is C/C1=C/[C@@H]2CC=CC[C@@H](CCC2)C1. The van der Waals surface area contributed by atoms with Crippen LogP contribution in [0.4, 0.5) is 0 Å². The molecule has 0 N–H and O–H groups in total. The molecule has 0 heterocycles. The van der Waals surface area contributed by atoms with Gasteiger partial charge in [-0.1, -0.05) is 30.2 Å². The lowest BCUT2D eigenvalue weighted by Crippen LogP contribution is -2.05. The van der Waals surface area contributed by atoms with Gasteiger partial charge >= 0.3 is 0 Å². The summed E-state index contributed by atoms with van der Waals surface area (Å²) in [6, 6.07) is 0. The summed E-state index contributed by atoms with van der Waals surface area (Å²) in [5.41, 5.74) is 1.64. The van der Waals surface area contributed by atoms with Crippen LogP contribution in [-0.2, 0) is 0 Å². The van der Waals surface area contributed by atoms with Crippen LogP contribution >= 0.6 is 0 Å². The van der Waals surface area contributed by atoms with Crippen molar-refractivity contribution in [2.45, 2.75) is 45.4 Å². The highest BCUT2D eigenvalue weighted by molar-refractivity contribution is 5.07. The third-order valence-electron chi connectivity index (χ3n) is 3.39. The van der Waals surface area contributed by atoms with Crippen LogP contribution in [0.5, 0.6) is 0 Å². The molecule has 0 aromatic heterocycles. The third kappa shape index (κ3) is 2.46. The van der Waals surface area contributed by atoms with E-state index in [-0.39, 0.29) is 0 Å². The second kappa shape index (κ2) is 4.13. The quantitative estimate of drug-likeness (QED) is 0.488. The fourth-order valence-electron chi connectivity index (χ4n) is 2.73. The first-order valence-electron chi connectivity index (χ1n) is 5.67. The minimum atomic E-state index is 0.843. The highest BCUT2D eigenvalue weighted by atomic mass is 14.2. The number of rotatable bonds is 0. The number of hydrogen-bond acceptors (Lipinski definition) is 0. The maximum Gasteiger partial charge on any atom is -0.0196 e. The molecule has 0 saturated carbocycles. The Balaban J connectivity index is 2.19. The molecule has 2 bridgehead atoms. The van der Waals surface area contributed by atoms with E-state index in [9.17, 15) is 0 Å². The molecule has 0 nitrogen and oxygen atoms in total. The largest absolute Gasteiger partial charge is 0.0882 e. The molecule has 13 heavy (non-hydrogen) atoms. The summed E-state index contributed by atoms with van der Waals surface area (Å²) in [4.78, 5) is 0. The van der Waals surface area contributed by atoms with E-state index >= 15 is 0 Å². The number of allylic oxidation sites excluding steroid dienone is 4. The van der Waals surface area contributed by atoms with Gasteiger partial charge in [-0.3, -0.25) is 0 Å². The zero-order valence-corrected chi connectivity index (χ0v) is 8.63. The Kier molecular flexibility index (Phi) is 2.87. The fourth-order valence-corrected chi connectivity index (χ4v) is 2.73. The van der Waals surface area contributed by atoms with Crippen molar-refractivity contribution in [3.05, 3.63) is 23.8 Å². The van der Waals surface area contributed by atoms with Crippen molar-refractivity contribution >= 4 is 0 Å². The molecule has 72 valence electrons. The van der Waals surface area contributed by atoms with Gasteiger partial charge in [0.1, 0.15) is 0 Å². The van der Waals surface area contributed by atoms with Crippen molar-refractivity contribution in [2.75, 3.05) is 0 Å². The normalized spacial score (nSPS) is 38.4. The first-order chi connectivity index (χ1) is 6.34. The lowest BCUT2D eigenvalue weighted by molar-refractivity contribution is 0.426. The average molecular weight is 176 g/mol. The Morgan fingerprint density at radius 3 is 2.92 bits per heavy atom.